The lowest BCUT2D eigenvalue weighted by molar-refractivity contribution is -0.140. The summed E-state index contributed by atoms with van der Waals surface area (Å²) in [5.41, 5.74) is 3.14. The molecule has 0 saturated heterocycles. The molecule has 3 aromatic rings. The molecule has 1 heterocycles. The van der Waals surface area contributed by atoms with Crippen LogP contribution in [0.5, 0.6) is 5.75 Å². The fourth-order valence-electron chi connectivity index (χ4n) is 4.37. The SMILES string of the molecule is CCC(C)N(Cc1cccn1Cc1cccc(OC)c1)C(=O)CN(CCC(C)C)C(=O)/C=C/c1ccccc1. The maximum Gasteiger partial charge on any atom is 0.247 e. The van der Waals surface area contributed by atoms with Crippen molar-refractivity contribution < 1.29 is 14.3 Å². The Balaban J connectivity index is 1.76. The van der Waals surface area contributed by atoms with Crippen molar-refractivity contribution in [1.29, 1.82) is 0 Å². The molecule has 1 aromatic heterocycles. The van der Waals surface area contributed by atoms with Gasteiger partial charge in [-0.1, -0.05) is 63.2 Å². The van der Waals surface area contributed by atoms with E-state index in [0.717, 1.165) is 35.4 Å². The van der Waals surface area contributed by atoms with Crippen molar-refractivity contribution in [3.63, 3.8) is 0 Å². The first-order chi connectivity index (χ1) is 18.8. The molecule has 0 N–H and O–H groups in total. The minimum Gasteiger partial charge on any atom is -0.497 e. The Hall–Kier alpha value is -3.80. The van der Waals surface area contributed by atoms with Gasteiger partial charge in [0.1, 0.15) is 12.3 Å². The third kappa shape index (κ3) is 9.17. The molecule has 2 aromatic carbocycles. The van der Waals surface area contributed by atoms with Crippen LogP contribution >= 0.6 is 0 Å². The van der Waals surface area contributed by atoms with Crippen LogP contribution in [0.3, 0.4) is 0 Å². The highest BCUT2D eigenvalue weighted by Gasteiger charge is 2.24. The van der Waals surface area contributed by atoms with Crippen LogP contribution in [0.25, 0.3) is 6.08 Å². The zero-order valence-electron chi connectivity index (χ0n) is 24.0. The molecule has 0 radical (unpaired) electrons. The summed E-state index contributed by atoms with van der Waals surface area (Å²) in [5.74, 6) is 1.08. The monoisotopic (exact) mass is 529 g/mol. The fourth-order valence-corrected chi connectivity index (χ4v) is 4.37. The predicted molar refractivity (Wildman–Crippen MR) is 158 cm³/mol. The molecular formula is C33H43N3O3. The topological polar surface area (TPSA) is 54.8 Å². The van der Waals surface area contributed by atoms with Crippen LogP contribution in [0.4, 0.5) is 0 Å². The highest BCUT2D eigenvalue weighted by atomic mass is 16.5. The third-order valence-electron chi connectivity index (χ3n) is 7.02. The third-order valence-corrected chi connectivity index (χ3v) is 7.02. The van der Waals surface area contributed by atoms with E-state index in [0.29, 0.717) is 25.6 Å². The molecule has 0 saturated carbocycles. The minimum absolute atomic E-state index is 0.0382. The Morgan fingerprint density at radius 2 is 1.77 bits per heavy atom. The lowest BCUT2D eigenvalue weighted by atomic mass is 10.1. The Morgan fingerprint density at radius 1 is 1.00 bits per heavy atom. The van der Waals surface area contributed by atoms with E-state index in [-0.39, 0.29) is 24.4 Å². The van der Waals surface area contributed by atoms with E-state index in [1.54, 1.807) is 18.1 Å². The predicted octanol–water partition coefficient (Wildman–Crippen LogP) is 6.26. The molecule has 0 aliphatic heterocycles. The summed E-state index contributed by atoms with van der Waals surface area (Å²) in [5, 5.41) is 0. The van der Waals surface area contributed by atoms with Gasteiger partial charge in [0.25, 0.3) is 0 Å². The van der Waals surface area contributed by atoms with Gasteiger partial charge >= 0.3 is 0 Å². The second-order valence-corrected chi connectivity index (χ2v) is 10.4. The van der Waals surface area contributed by atoms with E-state index in [2.05, 4.69) is 44.4 Å². The number of carbonyl (C=O) groups is 2. The van der Waals surface area contributed by atoms with E-state index in [1.165, 1.54) is 0 Å². The minimum atomic E-state index is -0.140. The number of nitrogens with zero attached hydrogens (tertiary/aromatic N) is 3. The second kappa shape index (κ2) is 15.0. The van der Waals surface area contributed by atoms with Gasteiger partial charge in [0.05, 0.1) is 13.7 Å². The first-order valence-corrected chi connectivity index (χ1v) is 13.9. The van der Waals surface area contributed by atoms with Crippen LogP contribution in [0.2, 0.25) is 0 Å². The molecule has 0 bridgehead atoms. The summed E-state index contributed by atoms with van der Waals surface area (Å²) in [6.45, 7) is 10.2. The maximum atomic E-state index is 13.7. The number of amides is 2. The van der Waals surface area contributed by atoms with Crippen molar-refractivity contribution in [3.05, 3.63) is 95.8 Å². The van der Waals surface area contributed by atoms with E-state index in [9.17, 15) is 9.59 Å². The van der Waals surface area contributed by atoms with E-state index in [4.69, 9.17) is 4.74 Å². The van der Waals surface area contributed by atoms with Crippen LogP contribution in [-0.2, 0) is 22.7 Å². The van der Waals surface area contributed by atoms with Crippen LogP contribution < -0.4 is 4.74 Å². The standard InChI is InChI=1S/C33H43N3O3/c1-6-27(4)36(24-30-15-11-20-34(30)23-29-14-10-16-31(22-29)39-5)33(38)25-35(21-19-26(2)3)32(37)18-17-28-12-8-7-9-13-28/h7-18,20,22,26-27H,6,19,21,23-25H2,1-5H3/b18-17+. The van der Waals surface area contributed by atoms with Gasteiger partial charge < -0.3 is 19.1 Å². The average Bonchev–Trinajstić information content (AvgIpc) is 3.38. The smallest absolute Gasteiger partial charge is 0.247 e. The summed E-state index contributed by atoms with van der Waals surface area (Å²) < 4.78 is 7.55. The lowest BCUT2D eigenvalue weighted by Crippen LogP contribution is -2.46. The Labute approximate surface area is 233 Å². The zero-order valence-corrected chi connectivity index (χ0v) is 24.0. The van der Waals surface area contributed by atoms with Crippen LogP contribution in [0.15, 0.2) is 79.0 Å². The van der Waals surface area contributed by atoms with E-state index < -0.39 is 0 Å². The molecule has 208 valence electrons. The number of hydrogen-bond donors (Lipinski definition) is 0. The van der Waals surface area contributed by atoms with Gasteiger partial charge in [-0.2, -0.15) is 0 Å². The summed E-state index contributed by atoms with van der Waals surface area (Å²) in [6, 6.07) is 21.9. The quantitative estimate of drug-likeness (QED) is 0.232. The van der Waals surface area contributed by atoms with Crippen LogP contribution in [0, 0.1) is 5.92 Å². The van der Waals surface area contributed by atoms with Crippen molar-refractivity contribution in [3.8, 4) is 5.75 Å². The van der Waals surface area contributed by atoms with E-state index in [1.807, 2.05) is 71.8 Å². The summed E-state index contributed by atoms with van der Waals surface area (Å²) in [4.78, 5) is 30.5. The first kappa shape index (κ1) is 29.8. The average molecular weight is 530 g/mol. The molecule has 2 amide bonds. The molecule has 0 aliphatic rings. The van der Waals surface area contributed by atoms with Crippen LogP contribution in [0.1, 0.15) is 57.4 Å². The number of methoxy groups -OCH3 is 1. The first-order valence-electron chi connectivity index (χ1n) is 13.9. The second-order valence-electron chi connectivity index (χ2n) is 10.4. The normalized spacial score (nSPS) is 12.1. The molecular weight excluding hydrogens is 486 g/mol. The molecule has 6 nitrogen and oxygen atoms in total. The molecule has 3 rings (SSSR count). The van der Waals surface area contributed by atoms with Crippen LogP contribution in [-0.4, -0.2) is 52.4 Å². The van der Waals surface area contributed by atoms with Crippen molar-refractivity contribution in [2.75, 3.05) is 20.2 Å². The molecule has 39 heavy (non-hydrogen) atoms. The maximum absolute atomic E-state index is 13.7. The van der Waals surface area contributed by atoms with Gasteiger partial charge in [-0.05, 0) is 67.2 Å². The molecule has 1 atom stereocenters. The molecule has 1 unspecified atom stereocenters. The summed E-state index contributed by atoms with van der Waals surface area (Å²) >= 11 is 0. The van der Waals surface area contributed by atoms with Gasteiger partial charge in [-0.15, -0.1) is 0 Å². The highest BCUT2D eigenvalue weighted by Crippen LogP contribution is 2.18. The van der Waals surface area contributed by atoms with Gasteiger partial charge in [0.2, 0.25) is 11.8 Å². The number of carbonyl (C=O) groups excluding carboxylic acids is 2. The number of rotatable bonds is 14. The number of hydrogen-bond acceptors (Lipinski definition) is 3. The molecule has 6 heteroatoms. The van der Waals surface area contributed by atoms with Crippen molar-refractivity contribution in [2.45, 2.75) is 59.7 Å². The Kier molecular flexibility index (Phi) is 11.4. The van der Waals surface area contributed by atoms with Gasteiger partial charge in [0.15, 0.2) is 0 Å². The van der Waals surface area contributed by atoms with Gasteiger partial charge in [-0.25, -0.2) is 0 Å². The zero-order chi connectivity index (χ0) is 28.2. The lowest BCUT2D eigenvalue weighted by Gasteiger charge is -2.32. The molecule has 0 spiro atoms. The number of benzene rings is 2. The molecule has 0 aliphatic carbocycles. The van der Waals surface area contributed by atoms with Gasteiger partial charge in [0, 0.05) is 37.1 Å². The van der Waals surface area contributed by atoms with Crippen molar-refractivity contribution >= 4 is 17.9 Å². The number of ether oxygens (including phenoxy) is 1. The Morgan fingerprint density at radius 3 is 2.46 bits per heavy atom. The highest BCUT2D eigenvalue weighted by molar-refractivity contribution is 5.94. The van der Waals surface area contributed by atoms with Crippen molar-refractivity contribution in [2.24, 2.45) is 5.92 Å². The summed E-state index contributed by atoms with van der Waals surface area (Å²) in [6.07, 6.45) is 7.10. The Bertz CT molecular complexity index is 1220. The molecule has 0 fully saturated rings. The van der Waals surface area contributed by atoms with Crippen molar-refractivity contribution in [1.82, 2.24) is 14.4 Å². The van der Waals surface area contributed by atoms with E-state index >= 15 is 0 Å². The number of aromatic nitrogens is 1. The fraction of sp³-hybridized carbons (Fsp3) is 0.394. The van der Waals surface area contributed by atoms with Gasteiger partial charge in [-0.3, -0.25) is 9.59 Å². The summed E-state index contributed by atoms with van der Waals surface area (Å²) in [7, 11) is 1.67. The largest absolute Gasteiger partial charge is 0.497 e.